The molecule has 3 rings (SSSR count). The minimum Gasteiger partial charge on any atom is -0.451 e. The SMILES string of the molecule is C[C@H]1CCc2sc(C(=O)OCC(=O)Nc3ccc(OC(F)(F)F)cc3)cc2C1. The number of amides is 1. The van der Waals surface area contributed by atoms with E-state index in [0.29, 0.717) is 10.8 Å². The number of carbonyl (C=O) groups is 2. The van der Waals surface area contributed by atoms with Gasteiger partial charge in [-0.1, -0.05) is 6.92 Å². The predicted octanol–water partition coefficient (Wildman–Crippen LogP) is 4.57. The number of thiophene rings is 1. The summed E-state index contributed by atoms with van der Waals surface area (Å²) in [5, 5.41) is 2.44. The number of fused-ring (bicyclic) bond motifs is 1. The van der Waals surface area contributed by atoms with Crippen molar-refractivity contribution in [1.82, 2.24) is 0 Å². The summed E-state index contributed by atoms with van der Waals surface area (Å²) in [6.45, 7) is 1.68. The van der Waals surface area contributed by atoms with Crippen LogP contribution in [0.5, 0.6) is 5.75 Å². The zero-order valence-electron chi connectivity index (χ0n) is 15.0. The summed E-state index contributed by atoms with van der Waals surface area (Å²) in [5.74, 6) is -0.957. The number of anilines is 1. The van der Waals surface area contributed by atoms with Gasteiger partial charge in [-0.25, -0.2) is 4.79 Å². The molecule has 1 aromatic carbocycles. The van der Waals surface area contributed by atoms with E-state index in [1.54, 1.807) is 0 Å². The molecule has 1 aliphatic rings. The van der Waals surface area contributed by atoms with Crippen molar-refractivity contribution in [2.75, 3.05) is 11.9 Å². The van der Waals surface area contributed by atoms with Crippen molar-refractivity contribution < 1.29 is 32.2 Å². The first kappa shape index (κ1) is 20.2. The number of hydrogen-bond donors (Lipinski definition) is 1. The first-order valence-electron chi connectivity index (χ1n) is 8.64. The molecule has 150 valence electrons. The van der Waals surface area contributed by atoms with Crippen LogP contribution in [-0.4, -0.2) is 24.8 Å². The number of ether oxygens (including phenoxy) is 2. The molecule has 0 bridgehead atoms. The maximum Gasteiger partial charge on any atom is 0.573 e. The van der Waals surface area contributed by atoms with E-state index in [2.05, 4.69) is 17.0 Å². The molecule has 5 nitrogen and oxygen atoms in total. The Morgan fingerprint density at radius 3 is 2.64 bits per heavy atom. The minimum atomic E-state index is -4.78. The summed E-state index contributed by atoms with van der Waals surface area (Å²) >= 11 is 1.40. The Hall–Kier alpha value is -2.55. The standard InChI is InChI=1S/C19H18F3NO4S/c1-11-2-7-15-12(8-11)9-16(28-15)18(25)26-10-17(24)23-13-3-5-14(6-4-13)27-19(20,21)22/h3-6,9,11H,2,7-8,10H2,1H3,(H,23,24)/t11-/m0/s1. The predicted molar refractivity (Wildman–Crippen MR) is 97.5 cm³/mol. The van der Waals surface area contributed by atoms with Crippen LogP contribution in [0.25, 0.3) is 0 Å². The number of esters is 1. The van der Waals surface area contributed by atoms with Crippen LogP contribution in [0.15, 0.2) is 30.3 Å². The fourth-order valence-corrected chi connectivity index (χ4v) is 4.05. The van der Waals surface area contributed by atoms with Crippen molar-refractivity contribution in [1.29, 1.82) is 0 Å². The van der Waals surface area contributed by atoms with E-state index in [0.717, 1.165) is 31.4 Å². The Kier molecular flexibility index (Phi) is 5.93. The number of benzene rings is 1. The van der Waals surface area contributed by atoms with Gasteiger partial charge in [0, 0.05) is 10.6 Å². The number of alkyl halides is 3. The quantitative estimate of drug-likeness (QED) is 0.730. The summed E-state index contributed by atoms with van der Waals surface area (Å²) < 4.78 is 45.2. The molecule has 1 aliphatic carbocycles. The fraction of sp³-hybridized carbons (Fsp3) is 0.368. The normalized spacial score (nSPS) is 16.2. The summed E-state index contributed by atoms with van der Waals surface area (Å²) in [4.78, 5) is 25.7. The smallest absolute Gasteiger partial charge is 0.451 e. The lowest BCUT2D eigenvalue weighted by atomic mass is 9.90. The molecule has 1 heterocycles. The largest absolute Gasteiger partial charge is 0.573 e. The first-order chi connectivity index (χ1) is 13.2. The maximum atomic E-state index is 12.2. The van der Waals surface area contributed by atoms with Gasteiger partial charge in [0.2, 0.25) is 0 Å². The maximum absolute atomic E-state index is 12.2. The number of rotatable bonds is 5. The second-order valence-electron chi connectivity index (χ2n) is 6.60. The molecule has 0 fully saturated rings. The van der Waals surface area contributed by atoms with Gasteiger partial charge in [0.15, 0.2) is 6.61 Å². The molecule has 0 aliphatic heterocycles. The molecule has 0 saturated heterocycles. The highest BCUT2D eigenvalue weighted by atomic mass is 32.1. The third kappa shape index (κ3) is 5.48. The summed E-state index contributed by atoms with van der Waals surface area (Å²) in [6, 6.07) is 6.50. The lowest BCUT2D eigenvalue weighted by Gasteiger charge is -2.16. The number of halogens is 3. The summed E-state index contributed by atoms with van der Waals surface area (Å²) in [5.41, 5.74) is 1.43. The first-order valence-corrected chi connectivity index (χ1v) is 9.45. The van der Waals surface area contributed by atoms with Crippen molar-refractivity contribution in [3.8, 4) is 5.75 Å². The van der Waals surface area contributed by atoms with Gasteiger partial charge in [-0.3, -0.25) is 4.79 Å². The average molecular weight is 413 g/mol. The lowest BCUT2D eigenvalue weighted by molar-refractivity contribution is -0.274. The number of carbonyl (C=O) groups excluding carboxylic acids is 2. The Morgan fingerprint density at radius 1 is 1.25 bits per heavy atom. The van der Waals surface area contributed by atoms with Gasteiger partial charge in [-0.2, -0.15) is 0 Å². The van der Waals surface area contributed by atoms with Crippen molar-refractivity contribution in [3.05, 3.63) is 45.6 Å². The molecule has 0 radical (unpaired) electrons. The topological polar surface area (TPSA) is 64.6 Å². The highest BCUT2D eigenvalue weighted by Crippen LogP contribution is 2.32. The van der Waals surface area contributed by atoms with Crippen molar-refractivity contribution >= 4 is 28.9 Å². The van der Waals surface area contributed by atoms with Crippen molar-refractivity contribution in [3.63, 3.8) is 0 Å². The van der Waals surface area contributed by atoms with Gasteiger partial charge < -0.3 is 14.8 Å². The van der Waals surface area contributed by atoms with Gasteiger partial charge in [0.05, 0.1) is 0 Å². The fourth-order valence-electron chi connectivity index (χ4n) is 2.95. The van der Waals surface area contributed by atoms with Crippen LogP contribution in [0, 0.1) is 5.92 Å². The molecule has 1 atom stereocenters. The molecule has 0 spiro atoms. The Labute approximate surface area is 163 Å². The van der Waals surface area contributed by atoms with Crippen molar-refractivity contribution in [2.45, 2.75) is 32.5 Å². The molecule has 28 heavy (non-hydrogen) atoms. The van der Waals surface area contributed by atoms with Crippen LogP contribution < -0.4 is 10.1 Å². The van der Waals surface area contributed by atoms with Gasteiger partial charge in [0.1, 0.15) is 10.6 Å². The number of aryl methyl sites for hydroxylation is 1. The molecule has 1 aromatic heterocycles. The van der Waals surface area contributed by atoms with E-state index in [1.165, 1.54) is 33.9 Å². The van der Waals surface area contributed by atoms with E-state index in [-0.39, 0.29) is 5.69 Å². The van der Waals surface area contributed by atoms with Crippen LogP contribution in [0.4, 0.5) is 18.9 Å². The van der Waals surface area contributed by atoms with Crippen LogP contribution in [0.2, 0.25) is 0 Å². The zero-order valence-corrected chi connectivity index (χ0v) is 15.8. The van der Waals surface area contributed by atoms with E-state index in [1.807, 2.05) is 6.07 Å². The molecular formula is C19H18F3NO4S. The van der Waals surface area contributed by atoms with Crippen LogP contribution >= 0.6 is 11.3 Å². The van der Waals surface area contributed by atoms with Crippen molar-refractivity contribution in [2.24, 2.45) is 5.92 Å². The lowest BCUT2D eigenvalue weighted by Crippen LogP contribution is -2.20. The Morgan fingerprint density at radius 2 is 1.96 bits per heavy atom. The van der Waals surface area contributed by atoms with Crippen LogP contribution in [0.1, 0.15) is 33.5 Å². The van der Waals surface area contributed by atoms with E-state index in [9.17, 15) is 22.8 Å². The zero-order chi connectivity index (χ0) is 20.3. The second kappa shape index (κ2) is 8.22. The molecule has 2 aromatic rings. The molecule has 9 heteroatoms. The molecule has 1 N–H and O–H groups in total. The Bertz CT molecular complexity index is 861. The van der Waals surface area contributed by atoms with Gasteiger partial charge in [0.25, 0.3) is 5.91 Å². The highest BCUT2D eigenvalue weighted by Gasteiger charge is 2.31. The second-order valence-corrected chi connectivity index (χ2v) is 7.74. The van der Waals surface area contributed by atoms with E-state index >= 15 is 0 Å². The average Bonchev–Trinajstić information content (AvgIpc) is 3.03. The van der Waals surface area contributed by atoms with Gasteiger partial charge in [-0.05, 0) is 61.1 Å². The number of nitrogens with one attached hydrogen (secondary N) is 1. The summed E-state index contributed by atoms with van der Waals surface area (Å²) in [7, 11) is 0. The third-order valence-corrected chi connectivity index (χ3v) is 5.45. The van der Waals surface area contributed by atoms with Gasteiger partial charge in [-0.15, -0.1) is 24.5 Å². The molecule has 0 saturated carbocycles. The van der Waals surface area contributed by atoms with Crippen LogP contribution in [0.3, 0.4) is 0 Å². The monoisotopic (exact) mass is 413 g/mol. The summed E-state index contributed by atoms with van der Waals surface area (Å²) in [6.07, 6.45) is -1.80. The molecular weight excluding hydrogens is 395 g/mol. The Balaban J connectivity index is 1.49. The molecule has 1 amide bonds. The number of hydrogen-bond acceptors (Lipinski definition) is 5. The van der Waals surface area contributed by atoms with Gasteiger partial charge >= 0.3 is 12.3 Å². The van der Waals surface area contributed by atoms with Crippen LogP contribution in [-0.2, 0) is 22.4 Å². The highest BCUT2D eigenvalue weighted by molar-refractivity contribution is 7.14. The third-order valence-electron chi connectivity index (χ3n) is 4.24. The molecule has 0 unspecified atom stereocenters. The van der Waals surface area contributed by atoms with E-state index < -0.39 is 30.6 Å². The minimum absolute atomic E-state index is 0.260. The van der Waals surface area contributed by atoms with E-state index in [4.69, 9.17) is 4.74 Å².